The molecule has 7 nitrogen and oxygen atoms in total. The predicted molar refractivity (Wildman–Crippen MR) is 104 cm³/mol. The molecule has 2 aromatic rings. The molecule has 0 saturated heterocycles. The van der Waals surface area contributed by atoms with E-state index >= 15 is 0 Å². The van der Waals surface area contributed by atoms with Crippen LogP contribution in [0.4, 0.5) is 18.9 Å². The number of sulfonamides is 1. The molecule has 1 aliphatic rings. The highest BCUT2D eigenvalue weighted by Crippen LogP contribution is 2.40. The van der Waals surface area contributed by atoms with Gasteiger partial charge in [-0.1, -0.05) is 0 Å². The molecule has 0 spiro atoms. The van der Waals surface area contributed by atoms with Crippen molar-refractivity contribution in [2.24, 2.45) is 0 Å². The maximum atomic E-state index is 12.7. The number of ether oxygens (including phenoxy) is 3. The van der Waals surface area contributed by atoms with Crippen molar-refractivity contribution in [2.45, 2.75) is 23.7 Å². The van der Waals surface area contributed by atoms with Crippen molar-refractivity contribution in [3.63, 3.8) is 0 Å². The fourth-order valence-corrected chi connectivity index (χ4v) is 4.13. The lowest BCUT2D eigenvalue weighted by Crippen LogP contribution is -2.38. The van der Waals surface area contributed by atoms with Gasteiger partial charge < -0.3 is 19.1 Å². The first-order valence-electron chi connectivity index (χ1n) is 8.88. The van der Waals surface area contributed by atoms with Crippen molar-refractivity contribution in [3.8, 4) is 17.2 Å². The van der Waals surface area contributed by atoms with Crippen molar-refractivity contribution < 1.29 is 35.8 Å². The van der Waals surface area contributed by atoms with Gasteiger partial charge in [0.1, 0.15) is 23.9 Å². The number of fused-ring (bicyclic) bond motifs is 1. The number of hydrogen-bond acceptors (Lipinski definition) is 6. The number of rotatable bonds is 6. The summed E-state index contributed by atoms with van der Waals surface area (Å²) in [7, 11) is 1.28. The highest BCUT2D eigenvalue weighted by molar-refractivity contribution is 7.92. The van der Waals surface area contributed by atoms with E-state index in [1.165, 1.54) is 13.2 Å². The Bertz CT molecular complexity index is 1010. The molecule has 0 unspecified atom stereocenters. The fourth-order valence-electron chi connectivity index (χ4n) is 3.07. The molecule has 11 heteroatoms. The molecule has 2 aromatic carbocycles. The lowest BCUT2D eigenvalue weighted by atomic mass is 10.00. The smallest absolute Gasteiger partial charge is 0.496 e. The fraction of sp³-hybridized carbons (Fsp3) is 0.368. The van der Waals surface area contributed by atoms with Gasteiger partial charge in [0.25, 0.3) is 10.0 Å². The van der Waals surface area contributed by atoms with Crippen molar-refractivity contribution in [1.82, 2.24) is 4.90 Å². The van der Waals surface area contributed by atoms with E-state index in [9.17, 15) is 21.6 Å². The van der Waals surface area contributed by atoms with Crippen LogP contribution in [0.2, 0.25) is 0 Å². The molecular formula is C19H21F3N2O5S. The third kappa shape index (κ3) is 4.90. The van der Waals surface area contributed by atoms with Gasteiger partial charge in [0, 0.05) is 11.6 Å². The molecule has 1 aliphatic heterocycles. The predicted octanol–water partition coefficient (Wildman–Crippen LogP) is 3.26. The van der Waals surface area contributed by atoms with E-state index in [2.05, 4.69) is 9.46 Å². The largest absolute Gasteiger partial charge is 0.573 e. The maximum Gasteiger partial charge on any atom is 0.573 e. The van der Waals surface area contributed by atoms with E-state index in [0.717, 1.165) is 29.8 Å². The first-order chi connectivity index (χ1) is 14.0. The van der Waals surface area contributed by atoms with Gasteiger partial charge in [0.05, 0.1) is 17.7 Å². The molecule has 164 valence electrons. The van der Waals surface area contributed by atoms with Gasteiger partial charge in [-0.2, -0.15) is 0 Å². The molecular weight excluding hydrogens is 425 g/mol. The molecule has 0 saturated carbocycles. The Balaban J connectivity index is 1.88. The van der Waals surface area contributed by atoms with Crippen molar-refractivity contribution in [2.75, 3.05) is 32.5 Å². The van der Waals surface area contributed by atoms with E-state index in [-0.39, 0.29) is 16.6 Å². The van der Waals surface area contributed by atoms with Crippen LogP contribution in [-0.2, 0) is 16.4 Å². The van der Waals surface area contributed by atoms with Crippen LogP contribution in [-0.4, -0.2) is 53.5 Å². The second-order valence-electron chi connectivity index (χ2n) is 6.88. The quantitative estimate of drug-likeness (QED) is 0.734. The Morgan fingerprint density at radius 3 is 2.37 bits per heavy atom. The molecule has 30 heavy (non-hydrogen) atoms. The molecule has 3 rings (SSSR count). The molecule has 0 radical (unpaired) electrons. The van der Waals surface area contributed by atoms with E-state index in [0.29, 0.717) is 24.5 Å². The van der Waals surface area contributed by atoms with Crippen molar-refractivity contribution in [1.29, 1.82) is 0 Å². The molecule has 0 aromatic heterocycles. The summed E-state index contributed by atoms with van der Waals surface area (Å²) in [4.78, 5) is 1.78. The SMILES string of the molecule is COc1ccc(NS(=O)(=O)c2ccc(OC(F)(F)F)cc2)c2c1C[C@@H](N(C)C)CO2. The third-order valence-electron chi connectivity index (χ3n) is 4.64. The zero-order valence-electron chi connectivity index (χ0n) is 16.5. The van der Waals surface area contributed by atoms with Crippen LogP contribution in [0, 0.1) is 0 Å². The topological polar surface area (TPSA) is 77.1 Å². The standard InChI is InChI=1S/C19H21F3N2O5S/c1-24(2)12-10-15-17(27-3)9-8-16(18(15)28-11-12)23-30(25,26)14-6-4-13(5-7-14)29-19(20,21)22/h4-9,12,23H,10-11H2,1-3H3/t12-/m1/s1. The Morgan fingerprint density at radius 2 is 1.80 bits per heavy atom. The number of anilines is 1. The molecule has 0 amide bonds. The number of nitrogens with zero attached hydrogens (tertiary/aromatic N) is 1. The zero-order chi connectivity index (χ0) is 22.1. The maximum absolute atomic E-state index is 12.7. The summed E-state index contributed by atoms with van der Waals surface area (Å²) in [5, 5.41) is 0. The van der Waals surface area contributed by atoms with Crippen LogP contribution >= 0.6 is 0 Å². The van der Waals surface area contributed by atoms with E-state index in [1.54, 1.807) is 6.07 Å². The van der Waals surface area contributed by atoms with Gasteiger partial charge in [-0.15, -0.1) is 13.2 Å². The molecule has 1 N–H and O–H groups in total. The number of alkyl halides is 3. The highest BCUT2D eigenvalue weighted by atomic mass is 32.2. The number of hydrogen-bond donors (Lipinski definition) is 1. The minimum Gasteiger partial charge on any atom is -0.496 e. The Morgan fingerprint density at radius 1 is 1.13 bits per heavy atom. The van der Waals surface area contributed by atoms with Gasteiger partial charge >= 0.3 is 6.36 Å². The van der Waals surface area contributed by atoms with Crippen LogP contribution < -0.4 is 18.9 Å². The number of likely N-dealkylation sites (N-methyl/N-ethyl adjacent to an activating group) is 1. The molecule has 0 fully saturated rings. The summed E-state index contributed by atoms with van der Waals surface area (Å²) in [6.07, 6.45) is -4.26. The van der Waals surface area contributed by atoms with Gasteiger partial charge in [0.15, 0.2) is 0 Å². The average Bonchev–Trinajstić information content (AvgIpc) is 2.66. The molecule has 1 heterocycles. The number of halogens is 3. The van der Waals surface area contributed by atoms with Gasteiger partial charge in [0.2, 0.25) is 0 Å². The Kier molecular flexibility index (Phi) is 6.04. The lowest BCUT2D eigenvalue weighted by Gasteiger charge is -2.32. The first kappa shape index (κ1) is 22.0. The minimum atomic E-state index is -4.86. The number of methoxy groups -OCH3 is 1. The van der Waals surface area contributed by atoms with Crippen LogP contribution in [0.5, 0.6) is 17.2 Å². The summed E-state index contributed by atoms with van der Waals surface area (Å²) >= 11 is 0. The van der Waals surface area contributed by atoms with E-state index < -0.39 is 22.1 Å². The monoisotopic (exact) mass is 446 g/mol. The summed E-state index contributed by atoms with van der Waals surface area (Å²) in [6.45, 7) is 0.366. The third-order valence-corrected chi connectivity index (χ3v) is 6.02. The summed E-state index contributed by atoms with van der Waals surface area (Å²) in [5.41, 5.74) is 0.954. The Hall–Kier alpha value is -2.66. The molecule has 0 aliphatic carbocycles. The van der Waals surface area contributed by atoms with Gasteiger partial charge in [-0.3, -0.25) is 4.72 Å². The number of benzene rings is 2. The second-order valence-corrected chi connectivity index (χ2v) is 8.56. The summed E-state index contributed by atoms with van der Waals surface area (Å²) in [6, 6.07) is 7.18. The highest BCUT2D eigenvalue weighted by Gasteiger charge is 2.31. The van der Waals surface area contributed by atoms with Gasteiger partial charge in [-0.25, -0.2) is 8.42 Å². The Labute approximate surface area is 172 Å². The van der Waals surface area contributed by atoms with Crippen LogP contribution in [0.25, 0.3) is 0 Å². The van der Waals surface area contributed by atoms with Crippen LogP contribution in [0.15, 0.2) is 41.3 Å². The van der Waals surface area contributed by atoms with Gasteiger partial charge in [-0.05, 0) is 56.9 Å². The van der Waals surface area contributed by atoms with Crippen LogP contribution in [0.3, 0.4) is 0 Å². The van der Waals surface area contributed by atoms with Crippen molar-refractivity contribution >= 4 is 15.7 Å². The summed E-state index contributed by atoms with van der Waals surface area (Å²) < 4.78 is 79.8. The van der Waals surface area contributed by atoms with Crippen LogP contribution in [0.1, 0.15) is 5.56 Å². The normalized spacial score (nSPS) is 16.6. The van der Waals surface area contributed by atoms with E-state index in [1.807, 2.05) is 19.0 Å². The average molecular weight is 446 g/mol. The number of nitrogens with one attached hydrogen (secondary N) is 1. The zero-order valence-corrected chi connectivity index (χ0v) is 17.3. The molecule has 0 bridgehead atoms. The minimum absolute atomic E-state index is 0.0967. The molecule has 1 atom stereocenters. The lowest BCUT2D eigenvalue weighted by molar-refractivity contribution is -0.274. The van der Waals surface area contributed by atoms with Crippen molar-refractivity contribution in [3.05, 3.63) is 42.0 Å². The first-order valence-corrected chi connectivity index (χ1v) is 10.4. The van der Waals surface area contributed by atoms with E-state index in [4.69, 9.17) is 9.47 Å². The second kappa shape index (κ2) is 8.23. The summed E-state index contributed by atoms with van der Waals surface area (Å²) in [5.74, 6) is 0.433.